The monoisotopic (exact) mass is 239 g/mol. The second-order valence-electron chi connectivity index (χ2n) is 6.32. The molecule has 0 radical (unpaired) electrons. The Labute approximate surface area is 106 Å². The van der Waals surface area contributed by atoms with Crippen LogP contribution in [0.5, 0.6) is 0 Å². The van der Waals surface area contributed by atoms with Crippen LogP contribution in [0.3, 0.4) is 0 Å². The number of rotatable bonds is 3. The fraction of sp³-hybridized carbons (Fsp3) is 1.00. The Balaban J connectivity index is 1.82. The van der Waals surface area contributed by atoms with Crippen LogP contribution in [0.1, 0.15) is 65.2 Å². The lowest BCUT2D eigenvalue weighted by atomic mass is 9.83. The molecule has 0 heterocycles. The summed E-state index contributed by atoms with van der Waals surface area (Å²) in [5.74, 6) is 1.69. The number of nitrogens with two attached hydrogens (primary N) is 1. The van der Waals surface area contributed by atoms with Crippen molar-refractivity contribution in [2.24, 2.45) is 17.6 Å². The van der Waals surface area contributed by atoms with Crippen LogP contribution in [0.25, 0.3) is 0 Å². The quantitative estimate of drug-likeness (QED) is 0.818. The molecule has 5 atom stereocenters. The smallest absolute Gasteiger partial charge is 0.0732 e. The Morgan fingerprint density at radius 3 is 2.71 bits per heavy atom. The van der Waals surface area contributed by atoms with Crippen LogP contribution in [-0.4, -0.2) is 18.2 Å². The molecule has 0 saturated heterocycles. The van der Waals surface area contributed by atoms with Gasteiger partial charge in [-0.2, -0.15) is 0 Å². The first kappa shape index (κ1) is 13.4. The van der Waals surface area contributed by atoms with Gasteiger partial charge in [-0.15, -0.1) is 0 Å². The molecule has 2 N–H and O–H groups in total. The Kier molecular flexibility index (Phi) is 4.87. The zero-order valence-electron chi connectivity index (χ0n) is 11.5. The van der Waals surface area contributed by atoms with E-state index in [1.165, 1.54) is 44.9 Å². The number of ether oxygens (including phenoxy) is 1. The molecule has 2 aliphatic carbocycles. The van der Waals surface area contributed by atoms with Crippen molar-refractivity contribution in [3.63, 3.8) is 0 Å². The van der Waals surface area contributed by atoms with Gasteiger partial charge in [-0.25, -0.2) is 0 Å². The molecule has 0 aromatic carbocycles. The maximum atomic E-state index is 6.32. The Morgan fingerprint density at radius 1 is 1.12 bits per heavy atom. The highest BCUT2D eigenvalue weighted by molar-refractivity contribution is 4.84. The van der Waals surface area contributed by atoms with E-state index in [-0.39, 0.29) is 6.04 Å². The summed E-state index contributed by atoms with van der Waals surface area (Å²) in [7, 11) is 0. The SMILES string of the molecule is CCC1CCCC(OC2CC(C)CCC2N)C1. The molecular weight excluding hydrogens is 210 g/mol. The molecule has 2 fully saturated rings. The Hall–Kier alpha value is -0.0800. The summed E-state index contributed by atoms with van der Waals surface area (Å²) < 4.78 is 6.32. The molecule has 0 amide bonds. The van der Waals surface area contributed by atoms with E-state index < -0.39 is 0 Å². The second kappa shape index (κ2) is 6.19. The molecule has 0 aromatic rings. The topological polar surface area (TPSA) is 35.2 Å². The molecule has 100 valence electrons. The van der Waals surface area contributed by atoms with Gasteiger partial charge in [0.2, 0.25) is 0 Å². The van der Waals surface area contributed by atoms with Crippen LogP contribution < -0.4 is 5.73 Å². The van der Waals surface area contributed by atoms with Crippen LogP contribution in [0.4, 0.5) is 0 Å². The highest BCUT2D eigenvalue weighted by Gasteiger charge is 2.30. The van der Waals surface area contributed by atoms with Gasteiger partial charge in [0.15, 0.2) is 0 Å². The summed E-state index contributed by atoms with van der Waals surface area (Å²) in [5, 5.41) is 0. The lowest BCUT2D eigenvalue weighted by Gasteiger charge is -2.37. The zero-order valence-corrected chi connectivity index (χ0v) is 11.5. The molecule has 0 aliphatic heterocycles. The van der Waals surface area contributed by atoms with E-state index >= 15 is 0 Å². The van der Waals surface area contributed by atoms with Crippen LogP contribution >= 0.6 is 0 Å². The average Bonchev–Trinajstić information content (AvgIpc) is 2.34. The fourth-order valence-corrected chi connectivity index (χ4v) is 3.49. The minimum Gasteiger partial charge on any atom is -0.373 e. The van der Waals surface area contributed by atoms with Gasteiger partial charge < -0.3 is 10.5 Å². The van der Waals surface area contributed by atoms with Gasteiger partial charge in [0.25, 0.3) is 0 Å². The second-order valence-corrected chi connectivity index (χ2v) is 6.32. The first-order valence-corrected chi connectivity index (χ1v) is 7.60. The largest absolute Gasteiger partial charge is 0.373 e. The fourth-order valence-electron chi connectivity index (χ4n) is 3.49. The molecule has 2 heteroatoms. The molecule has 2 nitrogen and oxygen atoms in total. The first-order valence-electron chi connectivity index (χ1n) is 7.60. The molecule has 0 aromatic heterocycles. The summed E-state index contributed by atoms with van der Waals surface area (Å²) >= 11 is 0. The van der Waals surface area contributed by atoms with Crippen molar-refractivity contribution in [2.75, 3.05) is 0 Å². The van der Waals surface area contributed by atoms with Crippen LogP contribution in [-0.2, 0) is 4.74 Å². The third kappa shape index (κ3) is 3.69. The lowest BCUT2D eigenvalue weighted by Crippen LogP contribution is -2.44. The number of hydrogen-bond donors (Lipinski definition) is 1. The molecule has 0 bridgehead atoms. The average molecular weight is 239 g/mol. The van der Waals surface area contributed by atoms with Crippen molar-refractivity contribution in [2.45, 2.75) is 83.5 Å². The van der Waals surface area contributed by atoms with Gasteiger partial charge in [0.05, 0.1) is 12.2 Å². The van der Waals surface area contributed by atoms with Crippen molar-refractivity contribution in [1.29, 1.82) is 0 Å². The Bertz CT molecular complexity index is 231. The van der Waals surface area contributed by atoms with Gasteiger partial charge in [0.1, 0.15) is 0 Å². The molecule has 2 aliphatic rings. The lowest BCUT2D eigenvalue weighted by molar-refractivity contribution is -0.0700. The minimum absolute atomic E-state index is 0.285. The third-order valence-electron chi connectivity index (χ3n) is 4.78. The van der Waals surface area contributed by atoms with Crippen molar-refractivity contribution in [1.82, 2.24) is 0 Å². The summed E-state index contributed by atoms with van der Waals surface area (Å²) in [4.78, 5) is 0. The minimum atomic E-state index is 0.285. The van der Waals surface area contributed by atoms with Crippen molar-refractivity contribution in [3.8, 4) is 0 Å². The van der Waals surface area contributed by atoms with E-state index in [0.29, 0.717) is 12.2 Å². The van der Waals surface area contributed by atoms with Gasteiger partial charge in [-0.3, -0.25) is 0 Å². The predicted octanol–water partition coefficient (Wildman–Crippen LogP) is 3.49. The molecule has 0 spiro atoms. The van der Waals surface area contributed by atoms with E-state index in [2.05, 4.69) is 13.8 Å². The van der Waals surface area contributed by atoms with E-state index in [1.54, 1.807) is 0 Å². The summed E-state index contributed by atoms with van der Waals surface area (Å²) in [6, 6.07) is 0.285. The third-order valence-corrected chi connectivity index (χ3v) is 4.78. The highest BCUT2D eigenvalue weighted by Crippen LogP contribution is 2.32. The molecule has 5 unspecified atom stereocenters. The highest BCUT2D eigenvalue weighted by atomic mass is 16.5. The molecular formula is C15H29NO. The van der Waals surface area contributed by atoms with E-state index in [4.69, 9.17) is 10.5 Å². The van der Waals surface area contributed by atoms with Crippen molar-refractivity contribution in [3.05, 3.63) is 0 Å². The zero-order chi connectivity index (χ0) is 12.3. The van der Waals surface area contributed by atoms with Gasteiger partial charge in [0, 0.05) is 6.04 Å². The summed E-state index contributed by atoms with van der Waals surface area (Å²) in [5.41, 5.74) is 6.20. The van der Waals surface area contributed by atoms with Crippen LogP contribution in [0.2, 0.25) is 0 Å². The van der Waals surface area contributed by atoms with E-state index in [9.17, 15) is 0 Å². The summed E-state index contributed by atoms with van der Waals surface area (Å²) in [6.07, 6.45) is 11.0. The molecule has 17 heavy (non-hydrogen) atoms. The standard InChI is InChI=1S/C15H29NO/c1-3-12-5-4-6-13(10-12)17-15-9-11(2)7-8-14(15)16/h11-15H,3-10,16H2,1-2H3. The Morgan fingerprint density at radius 2 is 1.94 bits per heavy atom. The maximum Gasteiger partial charge on any atom is 0.0732 e. The normalized spacial score (nSPS) is 43.6. The van der Waals surface area contributed by atoms with Gasteiger partial charge >= 0.3 is 0 Å². The maximum absolute atomic E-state index is 6.32. The number of hydrogen-bond acceptors (Lipinski definition) is 2. The van der Waals surface area contributed by atoms with E-state index in [0.717, 1.165) is 18.3 Å². The molecule has 2 rings (SSSR count). The van der Waals surface area contributed by atoms with Crippen molar-refractivity contribution < 1.29 is 4.74 Å². The van der Waals surface area contributed by atoms with Gasteiger partial charge in [-0.1, -0.05) is 33.1 Å². The van der Waals surface area contributed by atoms with Gasteiger partial charge in [-0.05, 0) is 43.9 Å². The molecule has 2 saturated carbocycles. The van der Waals surface area contributed by atoms with Crippen LogP contribution in [0.15, 0.2) is 0 Å². The van der Waals surface area contributed by atoms with E-state index in [1.807, 2.05) is 0 Å². The van der Waals surface area contributed by atoms with Crippen LogP contribution in [0, 0.1) is 11.8 Å². The first-order chi connectivity index (χ1) is 8.19. The van der Waals surface area contributed by atoms with Crippen molar-refractivity contribution >= 4 is 0 Å². The summed E-state index contributed by atoms with van der Waals surface area (Å²) in [6.45, 7) is 4.64. The predicted molar refractivity (Wildman–Crippen MR) is 71.9 cm³/mol.